The van der Waals surface area contributed by atoms with Crippen molar-refractivity contribution >= 4 is 22.9 Å². The number of pyridine rings is 1. The number of piperazine rings is 1. The van der Waals surface area contributed by atoms with E-state index in [4.69, 9.17) is 18.0 Å². The molecule has 4 nitrogen and oxygen atoms in total. The molecule has 2 rings (SSSR count). The van der Waals surface area contributed by atoms with Gasteiger partial charge < -0.3 is 10.6 Å². The van der Waals surface area contributed by atoms with E-state index in [2.05, 4.69) is 34.8 Å². The van der Waals surface area contributed by atoms with Gasteiger partial charge in [-0.05, 0) is 33.4 Å². The van der Waals surface area contributed by atoms with Crippen LogP contribution in [-0.2, 0) is 0 Å². The summed E-state index contributed by atoms with van der Waals surface area (Å²) in [7, 11) is 2.20. The van der Waals surface area contributed by atoms with E-state index in [1.165, 1.54) is 0 Å². The Morgan fingerprint density at radius 2 is 2.15 bits per heavy atom. The molecule has 1 saturated heterocycles. The number of nitrogens with two attached hydrogens (primary N) is 1. The summed E-state index contributed by atoms with van der Waals surface area (Å²) in [4.78, 5) is 9.78. The molecule has 0 saturated carbocycles. The summed E-state index contributed by atoms with van der Waals surface area (Å²) in [5.41, 5.74) is 9.95. The maximum absolute atomic E-state index is 5.92. The van der Waals surface area contributed by atoms with Crippen molar-refractivity contribution in [2.45, 2.75) is 33.2 Å². The average molecular weight is 292 g/mol. The van der Waals surface area contributed by atoms with E-state index in [-0.39, 0.29) is 0 Å². The van der Waals surface area contributed by atoms with Gasteiger partial charge in [0.15, 0.2) is 0 Å². The zero-order chi connectivity index (χ0) is 14.9. The Bertz CT molecular complexity index is 515. The number of anilines is 1. The third kappa shape index (κ3) is 2.94. The van der Waals surface area contributed by atoms with Crippen molar-refractivity contribution in [3.8, 4) is 0 Å². The molecule has 1 aliphatic heterocycles. The second-order valence-corrected chi connectivity index (χ2v) is 6.04. The van der Waals surface area contributed by atoms with Crippen LogP contribution in [0.2, 0.25) is 0 Å². The first-order valence-electron chi connectivity index (χ1n) is 7.17. The van der Waals surface area contributed by atoms with Crippen LogP contribution in [0.5, 0.6) is 0 Å². The monoisotopic (exact) mass is 292 g/mol. The predicted octanol–water partition coefficient (Wildman–Crippen LogP) is 1.86. The normalized spacial score (nSPS) is 20.2. The number of likely N-dealkylation sites (N-methyl/N-ethyl adjacent to an activating group) is 1. The van der Waals surface area contributed by atoms with Gasteiger partial charge in [-0.2, -0.15) is 0 Å². The van der Waals surface area contributed by atoms with Crippen molar-refractivity contribution in [1.29, 1.82) is 0 Å². The predicted molar refractivity (Wildman–Crippen MR) is 88.5 cm³/mol. The minimum absolute atomic E-state index is 0.442. The Morgan fingerprint density at radius 1 is 1.45 bits per heavy atom. The molecule has 0 radical (unpaired) electrons. The van der Waals surface area contributed by atoms with Crippen LogP contribution in [0.1, 0.15) is 30.3 Å². The first-order valence-corrected chi connectivity index (χ1v) is 7.58. The lowest BCUT2D eigenvalue weighted by Crippen LogP contribution is -2.51. The molecule has 2 heterocycles. The summed E-state index contributed by atoms with van der Waals surface area (Å²) in [5.74, 6) is 0. The van der Waals surface area contributed by atoms with E-state index < -0.39 is 0 Å². The molecule has 1 fully saturated rings. The largest absolute Gasteiger partial charge is 0.389 e. The van der Waals surface area contributed by atoms with Crippen LogP contribution in [0.3, 0.4) is 0 Å². The van der Waals surface area contributed by atoms with Gasteiger partial charge in [0.05, 0.1) is 11.3 Å². The van der Waals surface area contributed by atoms with E-state index in [1.54, 1.807) is 0 Å². The number of nitrogens with zero attached hydrogens (tertiary/aromatic N) is 3. The maximum atomic E-state index is 5.92. The number of hydrogen-bond donors (Lipinski definition) is 1. The molecule has 20 heavy (non-hydrogen) atoms. The molecule has 0 aromatic carbocycles. The SMILES string of the molecule is CCC1CN(c2cc(C)nc(C)c2C(N)=S)CCN1C. The van der Waals surface area contributed by atoms with E-state index >= 15 is 0 Å². The highest BCUT2D eigenvalue weighted by Gasteiger charge is 2.25. The van der Waals surface area contributed by atoms with Crippen LogP contribution in [0.25, 0.3) is 0 Å². The van der Waals surface area contributed by atoms with Gasteiger partial charge in [0.2, 0.25) is 0 Å². The van der Waals surface area contributed by atoms with Crippen molar-refractivity contribution in [3.63, 3.8) is 0 Å². The summed E-state index contributed by atoms with van der Waals surface area (Å²) < 4.78 is 0. The number of hydrogen-bond acceptors (Lipinski definition) is 4. The highest BCUT2D eigenvalue weighted by atomic mass is 32.1. The van der Waals surface area contributed by atoms with Crippen LogP contribution < -0.4 is 10.6 Å². The van der Waals surface area contributed by atoms with Crippen molar-refractivity contribution in [2.75, 3.05) is 31.6 Å². The summed E-state index contributed by atoms with van der Waals surface area (Å²) >= 11 is 5.23. The Balaban J connectivity index is 2.39. The number of aromatic nitrogens is 1. The lowest BCUT2D eigenvalue weighted by Gasteiger charge is -2.41. The Hall–Kier alpha value is -1.20. The zero-order valence-corrected chi connectivity index (χ0v) is 13.6. The number of aryl methyl sites for hydroxylation is 2. The molecule has 0 amide bonds. The van der Waals surface area contributed by atoms with Crippen LogP contribution in [0.4, 0.5) is 5.69 Å². The fourth-order valence-electron chi connectivity index (χ4n) is 2.97. The van der Waals surface area contributed by atoms with Crippen LogP contribution in [0.15, 0.2) is 6.07 Å². The molecule has 0 spiro atoms. The molecule has 1 aromatic rings. The first-order chi connectivity index (χ1) is 9.43. The lowest BCUT2D eigenvalue weighted by atomic mass is 10.1. The number of thiocarbonyl (C=S) groups is 1. The topological polar surface area (TPSA) is 45.4 Å². The molecule has 1 atom stereocenters. The van der Waals surface area contributed by atoms with Gasteiger partial charge in [-0.25, -0.2) is 0 Å². The number of rotatable bonds is 3. The van der Waals surface area contributed by atoms with E-state index in [9.17, 15) is 0 Å². The zero-order valence-electron chi connectivity index (χ0n) is 12.8. The summed E-state index contributed by atoms with van der Waals surface area (Å²) in [6.45, 7) is 9.33. The smallest absolute Gasteiger partial charge is 0.107 e. The molecule has 0 bridgehead atoms. The second-order valence-electron chi connectivity index (χ2n) is 5.60. The standard InChI is InChI=1S/C15H24N4S/c1-5-12-9-19(7-6-18(12)4)13-8-10(2)17-11(3)14(13)15(16)20/h8,12H,5-7,9H2,1-4H3,(H2,16,20). The lowest BCUT2D eigenvalue weighted by molar-refractivity contribution is 0.213. The van der Waals surface area contributed by atoms with Gasteiger partial charge in [0.25, 0.3) is 0 Å². The molecule has 2 N–H and O–H groups in total. The summed E-state index contributed by atoms with van der Waals surface area (Å²) in [6.07, 6.45) is 1.15. The van der Waals surface area contributed by atoms with Crippen LogP contribution >= 0.6 is 12.2 Å². The third-order valence-electron chi connectivity index (χ3n) is 4.14. The fourth-order valence-corrected chi connectivity index (χ4v) is 3.22. The van der Waals surface area contributed by atoms with E-state index in [0.29, 0.717) is 11.0 Å². The van der Waals surface area contributed by atoms with Crippen LogP contribution in [-0.4, -0.2) is 47.6 Å². The van der Waals surface area contributed by atoms with Gasteiger partial charge in [0.1, 0.15) is 4.99 Å². The van der Waals surface area contributed by atoms with Gasteiger partial charge in [-0.3, -0.25) is 9.88 Å². The molecule has 1 unspecified atom stereocenters. The molecule has 1 aromatic heterocycles. The van der Waals surface area contributed by atoms with Gasteiger partial charge in [-0.1, -0.05) is 19.1 Å². The Morgan fingerprint density at radius 3 is 2.75 bits per heavy atom. The van der Waals surface area contributed by atoms with Gasteiger partial charge in [0, 0.05) is 37.1 Å². The van der Waals surface area contributed by atoms with Crippen molar-refractivity contribution in [2.24, 2.45) is 5.73 Å². The maximum Gasteiger partial charge on any atom is 0.107 e. The van der Waals surface area contributed by atoms with E-state index in [1.807, 2.05) is 13.8 Å². The minimum Gasteiger partial charge on any atom is -0.389 e. The third-order valence-corrected chi connectivity index (χ3v) is 4.35. The quantitative estimate of drug-likeness (QED) is 0.862. The molecule has 1 aliphatic rings. The fraction of sp³-hybridized carbons (Fsp3) is 0.600. The molecule has 5 heteroatoms. The highest BCUT2D eigenvalue weighted by molar-refractivity contribution is 7.80. The van der Waals surface area contributed by atoms with Crippen molar-refractivity contribution in [3.05, 3.63) is 23.0 Å². The van der Waals surface area contributed by atoms with E-state index in [0.717, 1.165) is 48.7 Å². The molecular formula is C15H24N4S. The van der Waals surface area contributed by atoms with Crippen molar-refractivity contribution < 1.29 is 0 Å². The Labute approximate surface area is 127 Å². The molecule has 0 aliphatic carbocycles. The van der Waals surface area contributed by atoms with Crippen molar-refractivity contribution in [1.82, 2.24) is 9.88 Å². The molecule has 110 valence electrons. The van der Waals surface area contributed by atoms with Gasteiger partial charge >= 0.3 is 0 Å². The summed E-state index contributed by atoms with van der Waals surface area (Å²) in [6, 6.07) is 2.69. The van der Waals surface area contributed by atoms with Crippen LogP contribution in [0, 0.1) is 13.8 Å². The first kappa shape index (κ1) is 15.2. The highest BCUT2D eigenvalue weighted by Crippen LogP contribution is 2.26. The minimum atomic E-state index is 0.442. The Kier molecular flexibility index (Phi) is 4.60. The van der Waals surface area contributed by atoms with Gasteiger partial charge in [-0.15, -0.1) is 0 Å². The molecular weight excluding hydrogens is 268 g/mol. The second kappa shape index (κ2) is 6.06. The summed E-state index contributed by atoms with van der Waals surface area (Å²) in [5, 5.41) is 0. The average Bonchev–Trinajstić information content (AvgIpc) is 2.37.